The van der Waals surface area contributed by atoms with Crippen molar-refractivity contribution >= 4 is 0 Å². The second-order valence-corrected chi connectivity index (χ2v) is 7.55. The van der Waals surface area contributed by atoms with Gasteiger partial charge in [-0.2, -0.15) is 0 Å². The molecule has 1 saturated carbocycles. The molecule has 0 bridgehead atoms. The molecule has 5 rings (SSSR count). The number of aromatic nitrogens is 2. The third-order valence-electron chi connectivity index (χ3n) is 5.75. The molecule has 0 N–H and O–H groups in total. The molecule has 2 atom stereocenters. The smallest absolute Gasteiger partial charge is 0.213 e. The Morgan fingerprint density at radius 3 is 2.89 bits per heavy atom. The summed E-state index contributed by atoms with van der Waals surface area (Å²) >= 11 is 0. The zero-order valence-electron chi connectivity index (χ0n) is 15.6. The number of hydrogen-bond donors (Lipinski definition) is 0. The van der Waals surface area contributed by atoms with E-state index in [9.17, 15) is 0 Å². The van der Waals surface area contributed by atoms with Crippen LogP contribution in [-0.4, -0.2) is 17.1 Å². The SMILES string of the molecule is COc1cc(-c2cc(COc3cc4c(cn3)[C@@H]3C[C@@H]3C4)ccc2C)ccn1. The summed E-state index contributed by atoms with van der Waals surface area (Å²) in [4.78, 5) is 8.71. The van der Waals surface area contributed by atoms with E-state index in [1.807, 2.05) is 18.3 Å². The van der Waals surface area contributed by atoms with Crippen LogP contribution in [0.2, 0.25) is 0 Å². The molecule has 4 nitrogen and oxygen atoms in total. The van der Waals surface area contributed by atoms with Crippen molar-refractivity contribution < 1.29 is 9.47 Å². The number of rotatable bonds is 5. The highest BCUT2D eigenvalue weighted by Gasteiger charge is 2.45. The number of nitrogens with zero attached hydrogens (tertiary/aromatic N) is 2. The molecule has 1 aromatic carbocycles. The maximum absolute atomic E-state index is 5.99. The second kappa shape index (κ2) is 6.38. The van der Waals surface area contributed by atoms with Gasteiger partial charge in [-0.05, 0) is 77.1 Å². The molecule has 0 radical (unpaired) electrons. The molecule has 2 aromatic heterocycles. The molecule has 3 aromatic rings. The van der Waals surface area contributed by atoms with E-state index >= 15 is 0 Å². The number of pyridine rings is 2. The molecule has 0 saturated heterocycles. The minimum atomic E-state index is 0.508. The Labute approximate surface area is 159 Å². The minimum Gasteiger partial charge on any atom is -0.481 e. The van der Waals surface area contributed by atoms with E-state index < -0.39 is 0 Å². The number of benzene rings is 1. The highest BCUT2D eigenvalue weighted by molar-refractivity contribution is 5.68. The first-order valence-corrected chi connectivity index (χ1v) is 9.43. The fourth-order valence-electron chi connectivity index (χ4n) is 4.13. The summed E-state index contributed by atoms with van der Waals surface area (Å²) in [6.45, 7) is 2.62. The number of aryl methyl sites for hydroxylation is 1. The van der Waals surface area contributed by atoms with Gasteiger partial charge in [-0.25, -0.2) is 9.97 Å². The van der Waals surface area contributed by atoms with E-state index in [2.05, 4.69) is 41.2 Å². The molecular weight excluding hydrogens is 336 g/mol. The molecular formula is C23H22N2O2. The number of fused-ring (bicyclic) bond motifs is 3. The predicted octanol–water partition coefficient (Wildman–Crippen LogP) is 4.70. The van der Waals surface area contributed by atoms with Crippen LogP contribution in [0.3, 0.4) is 0 Å². The lowest BCUT2D eigenvalue weighted by Crippen LogP contribution is -2.00. The average molecular weight is 358 g/mol. The molecule has 136 valence electrons. The Balaban J connectivity index is 1.35. The van der Waals surface area contributed by atoms with E-state index in [1.165, 1.54) is 35.1 Å². The lowest BCUT2D eigenvalue weighted by molar-refractivity contribution is 0.293. The first-order chi connectivity index (χ1) is 13.2. The minimum absolute atomic E-state index is 0.508. The summed E-state index contributed by atoms with van der Waals surface area (Å²) in [5.74, 6) is 2.99. The fraction of sp³-hybridized carbons (Fsp3) is 0.304. The Kier molecular flexibility index (Phi) is 3.85. The van der Waals surface area contributed by atoms with Crippen molar-refractivity contribution in [3.05, 3.63) is 71.0 Å². The van der Waals surface area contributed by atoms with Crippen molar-refractivity contribution in [2.75, 3.05) is 7.11 Å². The van der Waals surface area contributed by atoms with E-state index in [0.29, 0.717) is 12.5 Å². The monoisotopic (exact) mass is 358 g/mol. The van der Waals surface area contributed by atoms with E-state index in [-0.39, 0.29) is 0 Å². The van der Waals surface area contributed by atoms with Gasteiger partial charge in [0.15, 0.2) is 0 Å². The molecule has 2 aliphatic rings. The van der Waals surface area contributed by atoms with Crippen molar-refractivity contribution in [3.8, 4) is 22.9 Å². The van der Waals surface area contributed by atoms with Crippen LogP contribution < -0.4 is 9.47 Å². The molecule has 0 unspecified atom stereocenters. The predicted molar refractivity (Wildman–Crippen MR) is 104 cm³/mol. The van der Waals surface area contributed by atoms with Gasteiger partial charge in [0.05, 0.1) is 7.11 Å². The summed E-state index contributed by atoms with van der Waals surface area (Å²) in [5, 5.41) is 0. The van der Waals surface area contributed by atoms with Crippen LogP contribution >= 0.6 is 0 Å². The van der Waals surface area contributed by atoms with Gasteiger partial charge in [0.25, 0.3) is 0 Å². The van der Waals surface area contributed by atoms with Crippen molar-refractivity contribution in [1.82, 2.24) is 9.97 Å². The Morgan fingerprint density at radius 1 is 1.07 bits per heavy atom. The molecule has 0 amide bonds. The molecule has 27 heavy (non-hydrogen) atoms. The van der Waals surface area contributed by atoms with Gasteiger partial charge < -0.3 is 9.47 Å². The van der Waals surface area contributed by atoms with Crippen molar-refractivity contribution in [3.63, 3.8) is 0 Å². The Hall–Kier alpha value is -2.88. The number of hydrogen-bond acceptors (Lipinski definition) is 4. The standard InChI is InChI=1S/C23H22N2O2/c1-14-3-4-15(7-19(14)16-5-6-24-22(10-16)26-2)13-27-23-11-18-8-17-9-20(17)21(18)12-25-23/h3-7,10-12,17,20H,8-9,13H2,1-2H3/t17-,20+/m0/s1. The lowest BCUT2D eigenvalue weighted by Gasteiger charge is -2.12. The van der Waals surface area contributed by atoms with Gasteiger partial charge in [-0.3, -0.25) is 0 Å². The molecule has 4 heteroatoms. The zero-order chi connectivity index (χ0) is 18.4. The van der Waals surface area contributed by atoms with Crippen LogP contribution in [0.25, 0.3) is 11.1 Å². The summed E-state index contributed by atoms with van der Waals surface area (Å²) in [6.07, 6.45) is 6.33. The van der Waals surface area contributed by atoms with Crippen molar-refractivity contribution in [2.45, 2.75) is 32.3 Å². The summed E-state index contributed by atoms with van der Waals surface area (Å²) in [5.41, 5.74) is 7.46. The van der Waals surface area contributed by atoms with E-state index in [1.54, 1.807) is 13.3 Å². The summed E-state index contributed by atoms with van der Waals surface area (Å²) in [6, 6.07) is 12.5. The number of ether oxygens (including phenoxy) is 2. The van der Waals surface area contributed by atoms with Crippen LogP contribution in [0.1, 0.15) is 34.6 Å². The highest BCUT2D eigenvalue weighted by atomic mass is 16.5. The molecule has 2 aliphatic carbocycles. The average Bonchev–Trinajstić information content (AvgIpc) is 3.38. The normalized spacial score (nSPS) is 19.3. The topological polar surface area (TPSA) is 44.2 Å². The Morgan fingerprint density at radius 2 is 2.00 bits per heavy atom. The third-order valence-corrected chi connectivity index (χ3v) is 5.75. The molecule has 1 fully saturated rings. The van der Waals surface area contributed by atoms with Crippen LogP contribution in [0.4, 0.5) is 0 Å². The maximum Gasteiger partial charge on any atom is 0.213 e. The fourth-order valence-corrected chi connectivity index (χ4v) is 4.13. The van der Waals surface area contributed by atoms with Crippen molar-refractivity contribution in [1.29, 1.82) is 0 Å². The van der Waals surface area contributed by atoms with Gasteiger partial charge in [0, 0.05) is 24.5 Å². The van der Waals surface area contributed by atoms with Crippen LogP contribution in [-0.2, 0) is 13.0 Å². The molecule has 2 heterocycles. The second-order valence-electron chi connectivity index (χ2n) is 7.55. The Bertz CT molecular complexity index is 1020. The zero-order valence-corrected chi connectivity index (χ0v) is 15.6. The van der Waals surface area contributed by atoms with Gasteiger partial charge in [-0.15, -0.1) is 0 Å². The van der Waals surface area contributed by atoms with Crippen LogP contribution in [0.15, 0.2) is 48.8 Å². The molecule has 0 aliphatic heterocycles. The first-order valence-electron chi connectivity index (χ1n) is 9.43. The summed E-state index contributed by atoms with van der Waals surface area (Å²) in [7, 11) is 1.64. The van der Waals surface area contributed by atoms with Gasteiger partial charge in [0.1, 0.15) is 6.61 Å². The highest BCUT2D eigenvalue weighted by Crippen LogP contribution is 2.56. The third kappa shape index (κ3) is 3.05. The van der Waals surface area contributed by atoms with Gasteiger partial charge in [-0.1, -0.05) is 12.1 Å². The first kappa shape index (κ1) is 16.3. The molecule has 0 spiro atoms. The lowest BCUT2D eigenvalue weighted by atomic mass is 9.99. The summed E-state index contributed by atoms with van der Waals surface area (Å²) < 4.78 is 11.2. The quantitative estimate of drug-likeness (QED) is 0.663. The van der Waals surface area contributed by atoms with Gasteiger partial charge >= 0.3 is 0 Å². The van der Waals surface area contributed by atoms with Crippen LogP contribution in [0.5, 0.6) is 11.8 Å². The maximum atomic E-state index is 5.99. The number of methoxy groups -OCH3 is 1. The van der Waals surface area contributed by atoms with Crippen LogP contribution in [0, 0.1) is 12.8 Å². The van der Waals surface area contributed by atoms with E-state index in [4.69, 9.17) is 9.47 Å². The van der Waals surface area contributed by atoms with Gasteiger partial charge in [0.2, 0.25) is 11.8 Å². The largest absolute Gasteiger partial charge is 0.481 e. The van der Waals surface area contributed by atoms with Crippen molar-refractivity contribution in [2.24, 2.45) is 5.92 Å². The van der Waals surface area contributed by atoms with E-state index in [0.717, 1.165) is 28.8 Å².